The third-order valence-electron chi connectivity index (χ3n) is 2.62. The lowest BCUT2D eigenvalue weighted by Gasteiger charge is -2.05. The molecular formula is C12H18F2O2. The summed E-state index contributed by atoms with van der Waals surface area (Å²) in [6.45, 7) is -0.479. The lowest BCUT2D eigenvalue weighted by Crippen LogP contribution is -2.10. The summed E-state index contributed by atoms with van der Waals surface area (Å²) in [6, 6.07) is 0. The Morgan fingerprint density at radius 3 is 2.94 bits per heavy atom. The highest BCUT2D eigenvalue weighted by molar-refractivity contribution is 5.95. The monoisotopic (exact) mass is 232 g/mol. The number of ketones is 1. The third kappa shape index (κ3) is 5.35. The van der Waals surface area contributed by atoms with Gasteiger partial charge in [0.2, 0.25) is 0 Å². The maximum Gasteiger partial charge on any atom is 0.261 e. The van der Waals surface area contributed by atoms with Crippen molar-refractivity contribution in [2.45, 2.75) is 45.0 Å². The summed E-state index contributed by atoms with van der Waals surface area (Å²) in [5.41, 5.74) is 0.859. The number of ether oxygens (including phenoxy) is 1. The molecule has 0 bridgehead atoms. The van der Waals surface area contributed by atoms with Gasteiger partial charge in [-0.15, -0.1) is 0 Å². The van der Waals surface area contributed by atoms with Crippen molar-refractivity contribution in [1.29, 1.82) is 0 Å². The van der Waals surface area contributed by atoms with Crippen LogP contribution in [0.15, 0.2) is 11.6 Å². The van der Waals surface area contributed by atoms with Gasteiger partial charge in [-0.2, -0.15) is 0 Å². The molecule has 0 aromatic rings. The van der Waals surface area contributed by atoms with Gasteiger partial charge in [0.05, 0.1) is 6.61 Å². The van der Waals surface area contributed by atoms with Gasteiger partial charge in [-0.25, -0.2) is 8.78 Å². The summed E-state index contributed by atoms with van der Waals surface area (Å²) < 4.78 is 28.2. The van der Waals surface area contributed by atoms with E-state index in [0.29, 0.717) is 0 Å². The molecular weight excluding hydrogens is 214 g/mol. The van der Waals surface area contributed by atoms with Gasteiger partial charge >= 0.3 is 0 Å². The molecule has 0 amide bonds. The zero-order chi connectivity index (χ0) is 11.8. The highest BCUT2D eigenvalue weighted by atomic mass is 19.3. The van der Waals surface area contributed by atoms with E-state index in [2.05, 4.69) is 4.74 Å². The SMILES string of the molecule is O=C(CCOCC(F)F)C1=CCCCCC1. The van der Waals surface area contributed by atoms with Gasteiger partial charge in [-0.05, 0) is 31.3 Å². The lowest BCUT2D eigenvalue weighted by atomic mass is 10.0. The molecule has 4 heteroatoms. The molecule has 0 atom stereocenters. The first-order valence-electron chi connectivity index (χ1n) is 5.78. The number of carbonyl (C=O) groups excluding carboxylic acids is 1. The standard InChI is InChI=1S/C12H18F2O2/c13-12(14)9-16-8-7-11(15)10-5-3-1-2-4-6-10/h5,12H,1-4,6-9H2. The van der Waals surface area contributed by atoms with Crippen LogP contribution >= 0.6 is 0 Å². The van der Waals surface area contributed by atoms with E-state index in [1.165, 1.54) is 0 Å². The van der Waals surface area contributed by atoms with Crippen molar-refractivity contribution < 1.29 is 18.3 Å². The molecule has 0 heterocycles. The predicted octanol–water partition coefficient (Wildman–Crippen LogP) is 3.12. The number of Topliss-reactive ketones (excluding diaryl/α,β-unsaturated/α-hetero) is 1. The van der Waals surface area contributed by atoms with Crippen molar-refractivity contribution in [3.63, 3.8) is 0 Å². The molecule has 0 radical (unpaired) electrons. The van der Waals surface area contributed by atoms with Crippen LogP contribution in [0.3, 0.4) is 0 Å². The van der Waals surface area contributed by atoms with Crippen LogP contribution < -0.4 is 0 Å². The summed E-state index contributed by atoms with van der Waals surface area (Å²) in [6.07, 6.45) is 4.89. The molecule has 0 fully saturated rings. The molecule has 0 spiro atoms. The van der Waals surface area contributed by atoms with Crippen molar-refractivity contribution in [2.75, 3.05) is 13.2 Å². The molecule has 1 aliphatic carbocycles. The topological polar surface area (TPSA) is 26.3 Å². The van der Waals surface area contributed by atoms with E-state index in [9.17, 15) is 13.6 Å². The summed E-state index contributed by atoms with van der Waals surface area (Å²) >= 11 is 0. The molecule has 0 saturated heterocycles. The number of allylic oxidation sites excluding steroid dienone is 2. The van der Waals surface area contributed by atoms with E-state index in [1.807, 2.05) is 6.08 Å². The van der Waals surface area contributed by atoms with Gasteiger partial charge in [0, 0.05) is 6.42 Å². The van der Waals surface area contributed by atoms with Crippen LogP contribution in [-0.4, -0.2) is 25.4 Å². The van der Waals surface area contributed by atoms with Gasteiger partial charge in [0.1, 0.15) is 6.61 Å². The Morgan fingerprint density at radius 1 is 1.38 bits per heavy atom. The van der Waals surface area contributed by atoms with Gasteiger partial charge < -0.3 is 4.74 Å². The third-order valence-corrected chi connectivity index (χ3v) is 2.62. The van der Waals surface area contributed by atoms with Crippen LogP contribution in [-0.2, 0) is 9.53 Å². The minimum absolute atomic E-state index is 0.0520. The van der Waals surface area contributed by atoms with Crippen LogP contribution in [0, 0.1) is 0 Å². The highest BCUT2D eigenvalue weighted by Crippen LogP contribution is 2.18. The molecule has 0 N–H and O–H groups in total. The Bertz CT molecular complexity index is 249. The Balaban J connectivity index is 2.20. The average Bonchev–Trinajstić information content (AvgIpc) is 2.52. The molecule has 0 saturated carbocycles. The van der Waals surface area contributed by atoms with Gasteiger partial charge in [0.15, 0.2) is 5.78 Å². The number of hydrogen-bond donors (Lipinski definition) is 0. The van der Waals surface area contributed by atoms with Crippen LogP contribution in [0.5, 0.6) is 0 Å². The van der Waals surface area contributed by atoms with E-state index in [-0.39, 0.29) is 18.8 Å². The van der Waals surface area contributed by atoms with E-state index >= 15 is 0 Å². The largest absolute Gasteiger partial charge is 0.375 e. The normalized spacial score (nSPS) is 17.1. The second-order valence-corrected chi connectivity index (χ2v) is 3.97. The van der Waals surface area contributed by atoms with Gasteiger partial charge in [0.25, 0.3) is 6.43 Å². The highest BCUT2D eigenvalue weighted by Gasteiger charge is 2.11. The summed E-state index contributed by atoms with van der Waals surface area (Å²) in [4.78, 5) is 11.7. The second kappa shape index (κ2) is 7.49. The maximum atomic E-state index is 11.7. The molecule has 1 rings (SSSR count). The predicted molar refractivity (Wildman–Crippen MR) is 57.6 cm³/mol. The van der Waals surface area contributed by atoms with E-state index in [4.69, 9.17) is 0 Å². The van der Waals surface area contributed by atoms with E-state index < -0.39 is 13.0 Å². The molecule has 92 valence electrons. The minimum atomic E-state index is -2.45. The number of carbonyl (C=O) groups is 1. The Hall–Kier alpha value is -0.770. The fourth-order valence-corrected chi connectivity index (χ4v) is 1.77. The fourth-order valence-electron chi connectivity index (χ4n) is 1.77. The summed E-state index contributed by atoms with van der Waals surface area (Å²) in [5.74, 6) is 0.0520. The van der Waals surface area contributed by atoms with Crippen molar-refractivity contribution in [3.8, 4) is 0 Å². The van der Waals surface area contributed by atoms with Crippen molar-refractivity contribution in [3.05, 3.63) is 11.6 Å². The van der Waals surface area contributed by atoms with Crippen LogP contribution in [0.1, 0.15) is 38.5 Å². The van der Waals surface area contributed by atoms with Crippen LogP contribution in [0.4, 0.5) is 8.78 Å². The smallest absolute Gasteiger partial charge is 0.261 e. The summed E-state index contributed by atoms with van der Waals surface area (Å²) in [7, 11) is 0. The first-order valence-corrected chi connectivity index (χ1v) is 5.78. The first kappa shape index (κ1) is 13.3. The van der Waals surface area contributed by atoms with Crippen molar-refractivity contribution in [2.24, 2.45) is 0 Å². The Labute approximate surface area is 94.7 Å². The van der Waals surface area contributed by atoms with Gasteiger partial charge in [-0.3, -0.25) is 4.79 Å². The van der Waals surface area contributed by atoms with Crippen LogP contribution in [0.2, 0.25) is 0 Å². The number of alkyl halides is 2. The second-order valence-electron chi connectivity index (χ2n) is 3.97. The Kier molecular flexibility index (Phi) is 6.23. The minimum Gasteiger partial charge on any atom is -0.375 e. The van der Waals surface area contributed by atoms with E-state index in [0.717, 1.165) is 37.7 Å². The molecule has 2 nitrogen and oxygen atoms in total. The molecule has 16 heavy (non-hydrogen) atoms. The van der Waals surface area contributed by atoms with Gasteiger partial charge in [-0.1, -0.05) is 12.5 Å². The lowest BCUT2D eigenvalue weighted by molar-refractivity contribution is -0.117. The quantitative estimate of drug-likeness (QED) is 0.658. The average molecular weight is 232 g/mol. The molecule has 1 aliphatic rings. The number of halogens is 2. The number of hydrogen-bond acceptors (Lipinski definition) is 2. The van der Waals surface area contributed by atoms with Crippen LogP contribution in [0.25, 0.3) is 0 Å². The Morgan fingerprint density at radius 2 is 2.19 bits per heavy atom. The molecule has 0 aliphatic heterocycles. The zero-order valence-corrected chi connectivity index (χ0v) is 9.38. The fraction of sp³-hybridized carbons (Fsp3) is 0.750. The summed E-state index contributed by atoms with van der Waals surface area (Å²) in [5, 5.41) is 0. The first-order chi connectivity index (χ1) is 7.70. The van der Waals surface area contributed by atoms with E-state index in [1.54, 1.807) is 0 Å². The van der Waals surface area contributed by atoms with Crippen molar-refractivity contribution in [1.82, 2.24) is 0 Å². The number of rotatable bonds is 6. The maximum absolute atomic E-state index is 11.7. The molecule has 0 aromatic heterocycles. The zero-order valence-electron chi connectivity index (χ0n) is 9.38. The molecule has 0 unspecified atom stereocenters. The molecule has 0 aromatic carbocycles. The van der Waals surface area contributed by atoms with Crippen molar-refractivity contribution >= 4 is 5.78 Å².